The van der Waals surface area contributed by atoms with Gasteiger partial charge in [-0.2, -0.15) is 18.3 Å². The highest BCUT2D eigenvalue weighted by atomic mass is 19.4. The lowest BCUT2D eigenvalue weighted by atomic mass is 10.0. The van der Waals surface area contributed by atoms with Crippen molar-refractivity contribution in [2.24, 2.45) is 0 Å². The zero-order valence-corrected chi connectivity index (χ0v) is 22.5. The predicted octanol–water partition coefficient (Wildman–Crippen LogP) is 6.92. The molecule has 0 radical (unpaired) electrons. The summed E-state index contributed by atoms with van der Waals surface area (Å²) in [6, 6.07) is 19.0. The largest absolute Gasteiger partial charge is 0.478 e. The molecular formula is C31H24F3N5O3. The van der Waals surface area contributed by atoms with Gasteiger partial charge in [0, 0.05) is 22.4 Å². The van der Waals surface area contributed by atoms with Crippen LogP contribution in [0, 0.1) is 6.92 Å². The fourth-order valence-electron chi connectivity index (χ4n) is 4.29. The first-order valence-corrected chi connectivity index (χ1v) is 12.9. The molecule has 2 N–H and O–H groups in total. The Balaban J connectivity index is 1.41. The van der Waals surface area contributed by atoms with Crippen LogP contribution in [0.4, 0.5) is 18.9 Å². The summed E-state index contributed by atoms with van der Waals surface area (Å²) in [6.45, 7) is 3.59. The van der Waals surface area contributed by atoms with E-state index < -0.39 is 17.8 Å². The molecule has 0 aliphatic rings. The topological polar surface area (TPSA) is 109 Å². The van der Waals surface area contributed by atoms with Crippen molar-refractivity contribution >= 4 is 29.3 Å². The van der Waals surface area contributed by atoms with Gasteiger partial charge in [0.05, 0.1) is 17.6 Å². The second-order valence-electron chi connectivity index (χ2n) is 9.49. The van der Waals surface area contributed by atoms with Gasteiger partial charge in [0.1, 0.15) is 11.4 Å². The molecule has 0 atom stereocenters. The monoisotopic (exact) mass is 571 g/mol. The van der Waals surface area contributed by atoms with Crippen LogP contribution >= 0.6 is 0 Å². The fraction of sp³-hybridized carbons (Fsp3) is 0.129. The Bertz CT molecular complexity index is 1860. The number of carboxylic acids is 1. The Morgan fingerprint density at radius 1 is 0.952 bits per heavy atom. The average Bonchev–Trinajstić information content (AvgIpc) is 3.40. The summed E-state index contributed by atoms with van der Waals surface area (Å²) in [5.74, 6) is -1.38. The molecule has 42 heavy (non-hydrogen) atoms. The second kappa shape index (κ2) is 11.3. The molecule has 0 spiro atoms. The molecule has 3 heterocycles. The third-order valence-electron chi connectivity index (χ3n) is 6.55. The summed E-state index contributed by atoms with van der Waals surface area (Å²) in [5.41, 5.74) is 3.59. The first-order valence-electron chi connectivity index (χ1n) is 12.9. The van der Waals surface area contributed by atoms with Crippen LogP contribution in [0.1, 0.15) is 40.5 Å². The minimum Gasteiger partial charge on any atom is -0.478 e. The summed E-state index contributed by atoms with van der Waals surface area (Å²) in [6.07, 6.45) is -1.04. The summed E-state index contributed by atoms with van der Waals surface area (Å²) in [7, 11) is 0. The van der Waals surface area contributed by atoms with E-state index in [1.807, 2.05) is 19.1 Å². The van der Waals surface area contributed by atoms with Crippen LogP contribution in [0.5, 0.6) is 0 Å². The number of hydrogen-bond acceptors (Lipinski definition) is 5. The Hall–Kier alpha value is -5.32. The molecule has 0 fully saturated rings. The number of aryl methyl sites for hydroxylation is 1. The quantitative estimate of drug-likeness (QED) is 0.205. The van der Waals surface area contributed by atoms with E-state index in [9.17, 15) is 27.9 Å². The number of nitrogens with zero attached hydrogens (tertiary/aromatic N) is 4. The summed E-state index contributed by atoms with van der Waals surface area (Å²) >= 11 is 0. The number of rotatable bonds is 7. The van der Waals surface area contributed by atoms with Gasteiger partial charge in [0.25, 0.3) is 5.91 Å². The van der Waals surface area contributed by atoms with E-state index >= 15 is 0 Å². The number of aliphatic carboxylic acids is 1. The van der Waals surface area contributed by atoms with Crippen molar-refractivity contribution in [2.45, 2.75) is 26.4 Å². The summed E-state index contributed by atoms with van der Waals surface area (Å²) in [5, 5.41) is 16.6. The molecule has 5 aromatic rings. The van der Waals surface area contributed by atoms with E-state index in [0.29, 0.717) is 40.1 Å². The Labute approximate surface area is 238 Å². The number of carbonyl (C=O) groups is 2. The van der Waals surface area contributed by atoms with Gasteiger partial charge in [0.2, 0.25) is 0 Å². The van der Waals surface area contributed by atoms with Crippen molar-refractivity contribution in [1.82, 2.24) is 19.6 Å². The van der Waals surface area contributed by atoms with Crippen LogP contribution in [-0.2, 0) is 11.0 Å². The van der Waals surface area contributed by atoms with E-state index in [0.717, 1.165) is 11.6 Å². The van der Waals surface area contributed by atoms with E-state index in [-0.39, 0.29) is 22.9 Å². The molecule has 0 unspecified atom stereocenters. The molecule has 8 nitrogen and oxygen atoms in total. The van der Waals surface area contributed by atoms with Gasteiger partial charge in [-0.15, -0.1) is 0 Å². The fourth-order valence-corrected chi connectivity index (χ4v) is 4.29. The molecule has 5 rings (SSSR count). The normalized spacial score (nSPS) is 12.0. The third-order valence-corrected chi connectivity index (χ3v) is 6.55. The molecule has 212 valence electrons. The second-order valence-corrected chi connectivity index (χ2v) is 9.49. The van der Waals surface area contributed by atoms with E-state index in [2.05, 4.69) is 20.4 Å². The Morgan fingerprint density at radius 2 is 1.74 bits per heavy atom. The summed E-state index contributed by atoms with van der Waals surface area (Å²) < 4.78 is 40.8. The SMILES string of the molecule is CCC(=Cc1cccc(C(=O)Nc2cc(-c3cn4nc(-c5cccc(C(F)(F)F)n5)ccc4n3)ccc2C)c1)C(=O)O. The number of fused-ring (bicyclic) bond motifs is 1. The third kappa shape index (κ3) is 6.04. The van der Waals surface area contributed by atoms with Crippen molar-refractivity contribution < 1.29 is 27.9 Å². The lowest BCUT2D eigenvalue weighted by Gasteiger charge is -2.10. The maximum Gasteiger partial charge on any atom is 0.433 e. The van der Waals surface area contributed by atoms with Crippen LogP contribution in [0.3, 0.4) is 0 Å². The number of carbonyl (C=O) groups excluding carboxylic acids is 1. The average molecular weight is 572 g/mol. The standard InChI is InChI=1S/C31H24F3N5O3/c1-3-20(30(41)42)14-19-6-4-7-22(15-19)29(40)37-25-16-21(11-10-18(25)2)26-17-39-28(36-26)13-12-24(38-39)23-8-5-9-27(35-23)31(32,33)34/h4-17H,3H2,1-2H3,(H,37,40)(H,41,42). The molecule has 1 amide bonds. The van der Waals surface area contributed by atoms with Crippen LogP contribution in [0.2, 0.25) is 0 Å². The van der Waals surface area contributed by atoms with Gasteiger partial charge in [-0.05, 0) is 73.0 Å². The summed E-state index contributed by atoms with van der Waals surface area (Å²) in [4.78, 5) is 32.7. The van der Waals surface area contributed by atoms with E-state index in [1.165, 1.54) is 22.7 Å². The van der Waals surface area contributed by atoms with Gasteiger partial charge in [-0.25, -0.2) is 19.3 Å². The van der Waals surface area contributed by atoms with Gasteiger partial charge in [-0.1, -0.05) is 37.3 Å². The molecule has 0 saturated heterocycles. The van der Waals surface area contributed by atoms with Crippen molar-refractivity contribution in [3.63, 3.8) is 0 Å². The Kier molecular flexibility index (Phi) is 7.58. The number of benzene rings is 2. The first-order chi connectivity index (χ1) is 20.0. The van der Waals surface area contributed by atoms with Gasteiger partial charge in [-0.3, -0.25) is 4.79 Å². The number of pyridine rings is 1. The lowest BCUT2D eigenvalue weighted by Crippen LogP contribution is -2.13. The molecule has 0 saturated carbocycles. The number of nitrogens with one attached hydrogen (secondary N) is 1. The minimum atomic E-state index is -4.57. The van der Waals surface area contributed by atoms with Crippen LogP contribution < -0.4 is 5.32 Å². The zero-order chi connectivity index (χ0) is 30.0. The number of hydrogen-bond donors (Lipinski definition) is 2. The smallest absolute Gasteiger partial charge is 0.433 e. The van der Waals surface area contributed by atoms with Crippen molar-refractivity contribution in [2.75, 3.05) is 5.32 Å². The zero-order valence-electron chi connectivity index (χ0n) is 22.5. The van der Waals surface area contributed by atoms with Gasteiger partial charge < -0.3 is 10.4 Å². The van der Waals surface area contributed by atoms with Gasteiger partial charge in [0.15, 0.2) is 5.65 Å². The molecule has 11 heteroatoms. The molecular weight excluding hydrogens is 547 g/mol. The van der Waals surface area contributed by atoms with E-state index in [1.54, 1.807) is 55.6 Å². The van der Waals surface area contributed by atoms with Crippen molar-refractivity contribution in [3.8, 4) is 22.6 Å². The first kappa shape index (κ1) is 28.2. The highest BCUT2D eigenvalue weighted by Crippen LogP contribution is 2.30. The highest BCUT2D eigenvalue weighted by Gasteiger charge is 2.32. The van der Waals surface area contributed by atoms with Gasteiger partial charge >= 0.3 is 12.1 Å². The predicted molar refractivity (Wildman–Crippen MR) is 152 cm³/mol. The highest BCUT2D eigenvalue weighted by molar-refractivity contribution is 6.05. The lowest BCUT2D eigenvalue weighted by molar-refractivity contribution is -0.141. The number of alkyl halides is 3. The number of carboxylic acid groups (broad SMARTS) is 1. The minimum absolute atomic E-state index is 0.0794. The molecule has 0 aliphatic heterocycles. The van der Waals surface area contributed by atoms with Crippen molar-refractivity contribution in [1.29, 1.82) is 0 Å². The van der Waals surface area contributed by atoms with Crippen molar-refractivity contribution in [3.05, 3.63) is 107 Å². The number of amides is 1. The maximum absolute atomic E-state index is 13.1. The molecule has 3 aromatic heterocycles. The number of anilines is 1. The number of imidazole rings is 1. The molecule has 2 aromatic carbocycles. The number of halogens is 3. The molecule has 0 bridgehead atoms. The molecule has 0 aliphatic carbocycles. The maximum atomic E-state index is 13.1. The number of aromatic nitrogens is 4. The van der Waals surface area contributed by atoms with Crippen LogP contribution in [-0.4, -0.2) is 36.6 Å². The van der Waals surface area contributed by atoms with Crippen LogP contribution in [0.25, 0.3) is 34.4 Å². The van der Waals surface area contributed by atoms with E-state index in [4.69, 9.17) is 0 Å². The Morgan fingerprint density at radius 3 is 2.48 bits per heavy atom. The van der Waals surface area contributed by atoms with Crippen LogP contribution in [0.15, 0.2) is 84.6 Å².